The molecule has 1 rings (SSSR count). The molecule has 0 radical (unpaired) electrons. The van der Waals surface area contributed by atoms with Crippen molar-refractivity contribution in [3.8, 4) is 0 Å². The SMILES string of the molecule is CCC(C)NC(=O)CCNCc1ccc(Cl)cc1Br. The molecule has 1 aromatic rings. The fraction of sp³-hybridized carbons (Fsp3) is 0.500. The zero-order valence-corrected chi connectivity index (χ0v) is 13.6. The molecule has 1 amide bonds. The van der Waals surface area contributed by atoms with Gasteiger partial charge in [-0.1, -0.05) is 40.5 Å². The van der Waals surface area contributed by atoms with Gasteiger partial charge < -0.3 is 10.6 Å². The summed E-state index contributed by atoms with van der Waals surface area (Å²) in [6.07, 6.45) is 1.45. The van der Waals surface area contributed by atoms with Crippen molar-refractivity contribution in [3.05, 3.63) is 33.3 Å². The van der Waals surface area contributed by atoms with Crippen molar-refractivity contribution in [2.45, 2.75) is 39.3 Å². The van der Waals surface area contributed by atoms with Crippen molar-refractivity contribution in [2.75, 3.05) is 6.54 Å². The minimum absolute atomic E-state index is 0.0945. The van der Waals surface area contributed by atoms with Crippen LogP contribution in [0.15, 0.2) is 22.7 Å². The number of carbonyl (C=O) groups is 1. The van der Waals surface area contributed by atoms with E-state index in [0.717, 1.165) is 16.5 Å². The topological polar surface area (TPSA) is 41.1 Å². The fourth-order valence-corrected chi connectivity index (χ4v) is 2.36. The van der Waals surface area contributed by atoms with E-state index in [1.54, 1.807) is 0 Å². The number of rotatable bonds is 7. The van der Waals surface area contributed by atoms with Gasteiger partial charge in [0.2, 0.25) is 5.91 Å². The van der Waals surface area contributed by atoms with E-state index in [9.17, 15) is 4.79 Å². The predicted molar refractivity (Wildman–Crippen MR) is 83.4 cm³/mol. The molecule has 106 valence electrons. The normalized spacial score (nSPS) is 12.2. The van der Waals surface area contributed by atoms with E-state index in [4.69, 9.17) is 11.6 Å². The summed E-state index contributed by atoms with van der Waals surface area (Å²) in [5.41, 5.74) is 1.13. The second-order valence-corrected chi connectivity index (χ2v) is 5.83. The molecule has 0 heterocycles. The summed E-state index contributed by atoms with van der Waals surface area (Å²) >= 11 is 9.35. The van der Waals surface area contributed by atoms with Crippen LogP contribution in [0.1, 0.15) is 32.3 Å². The first kappa shape index (κ1) is 16.5. The van der Waals surface area contributed by atoms with Crippen LogP contribution >= 0.6 is 27.5 Å². The first-order chi connectivity index (χ1) is 9.02. The molecule has 3 nitrogen and oxygen atoms in total. The van der Waals surface area contributed by atoms with Gasteiger partial charge in [-0.3, -0.25) is 4.79 Å². The van der Waals surface area contributed by atoms with E-state index in [-0.39, 0.29) is 11.9 Å². The molecule has 0 saturated heterocycles. The van der Waals surface area contributed by atoms with Crippen LogP contribution in [0.5, 0.6) is 0 Å². The van der Waals surface area contributed by atoms with E-state index in [1.807, 2.05) is 25.1 Å². The smallest absolute Gasteiger partial charge is 0.221 e. The third kappa shape index (κ3) is 6.41. The lowest BCUT2D eigenvalue weighted by molar-refractivity contribution is -0.121. The van der Waals surface area contributed by atoms with Crippen LogP contribution in [-0.2, 0) is 11.3 Å². The number of benzene rings is 1. The number of hydrogen-bond acceptors (Lipinski definition) is 2. The highest BCUT2D eigenvalue weighted by molar-refractivity contribution is 9.10. The first-order valence-corrected chi connectivity index (χ1v) is 7.64. The highest BCUT2D eigenvalue weighted by Gasteiger charge is 2.05. The summed E-state index contributed by atoms with van der Waals surface area (Å²) < 4.78 is 0.983. The van der Waals surface area contributed by atoms with Crippen LogP contribution in [0.2, 0.25) is 5.02 Å². The highest BCUT2D eigenvalue weighted by atomic mass is 79.9. The van der Waals surface area contributed by atoms with Gasteiger partial charge in [0.05, 0.1) is 0 Å². The standard InChI is InChI=1S/C14H20BrClN2O/c1-3-10(2)18-14(19)6-7-17-9-11-4-5-12(16)8-13(11)15/h4-5,8,10,17H,3,6-7,9H2,1-2H3,(H,18,19). The molecule has 0 bridgehead atoms. The van der Waals surface area contributed by atoms with Crippen LogP contribution in [0.3, 0.4) is 0 Å². The van der Waals surface area contributed by atoms with Gasteiger partial charge in [0.1, 0.15) is 0 Å². The Morgan fingerprint density at radius 3 is 2.84 bits per heavy atom. The van der Waals surface area contributed by atoms with Crippen molar-refractivity contribution < 1.29 is 4.79 Å². The number of amides is 1. The minimum Gasteiger partial charge on any atom is -0.354 e. The van der Waals surface area contributed by atoms with E-state index in [2.05, 4.69) is 33.5 Å². The van der Waals surface area contributed by atoms with Gasteiger partial charge in [0, 0.05) is 35.0 Å². The van der Waals surface area contributed by atoms with E-state index < -0.39 is 0 Å². The number of carbonyl (C=O) groups excluding carboxylic acids is 1. The molecule has 0 aliphatic heterocycles. The Bertz CT molecular complexity index is 426. The molecule has 5 heteroatoms. The van der Waals surface area contributed by atoms with Gasteiger partial charge in [-0.2, -0.15) is 0 Å². The average molecular weight is 348 g/mol. The molecular formula is C14H20BrClN2O. The lowest BCUT2D eigenvalue weighted by Crippen LogP contribution is -2.33. The maximum Gasteiger partial charge on any atom is 0.221 e. The van der Waals surface area contributed by atoms with Crippen molar-refractivity contribution in [1.82, 2.24) is 10.6 Å². The van der Waals surface area contributed by atoms with Crippen molar-refractivity contribution in [2.24, 2.45) is 0 Å². The number of hydrogen-bond donors (Lipinski definition) is 2. The largest absolute Gasteiger partial charge is 0.354 e. The maximum atomic E-state index is 11.6. The van der Waals surface area contributed by atoms with Crippen LogP contribution in [0, 0.1) is 0 Å². The minimum atomic E-state index is 0.0945. The zero-order valence-electron chi connectivity index (χ0n) is 11.3. The van der Waals surface area contributed by atoms with Gasteiger partial charge in [-0.15, -0.1) is 0 Å². The molecule has 1 aromatic carbocycles. The average Bonchev–Trinajstić information content (AvgIpc) is 2.36. The number of nitrogens with one attached hydrogen (secondary N) is 2. The molecule has 0 saturated carbocycles. The van der Waals surface area contributed by atoms with Gasteiger partial charge in [-0.05, 0) is 31.0 Å². The molecule has 2 N–H and O–H groups in total. The quantitative estimate of drug-likeness (QED) is 0.741. The maximum absolute atomic E-state index is 11.6. The van der Waals surface area contributed by atoms with Gasteiger partial charge >= 0.3 is 0 Å². The lowest BCUT2D eigenvalue weighted by atomic mass is 10.2. The van der Waals surface area contributed by atoms with Gasteiger partial charge in [-0.25, -0.2) is 0 Å². The summed E-state index contributed by atoms with van der Waals surface area (Å²) in [5, 5.41) is 6.90. The molecule has 0 aliphatic carbocycles. The summed E-state index contributed by atoms with van der Waals surface area (Å²) in [7, 11) is 0. The third-order valence-electron chi connectivity index (χ3n) is 2.88. The van der Waals surface area contributed by atoms with E-state index >= 15 is 0 Å². The Morgan fingerprint density at radius 1 is 1.47 bits per heavy atom. The van der Waals surface area contributed by atoms with Crippen molar-refractivity contribution >= 4 is 33.4 Å². The van der Waals surface area contributed by atoms with Crippen molar-refractivity contribution in [3.63, 3.8) is 0 Å². The van der Waals surface area contributed by atoms with Crippen LogP contribution in [0.25, 0.3) is 0 Å². The molecule has 1 atom stereocenters. The molecule has 19 heavy (non-hydrogen) atoms. The van der Waals surface area contributed by atoms with Gasteiger partial charge in [0.25, 0.3) is 0 Å². The van der Waals surface area contributed by atoms with Crippen molar-refractivity contribution in [1.29, 1.82) is 0 Å². The summed E-state index contributed by atoms with van der Waals surface area (Å²) in [6.45, 7) is 5.45. The predicted octanol–water partition coefficient (Wildman–Crippen LogP) is 3.50. The Morgan fingerprint density at radius 2 is 2.21 bits per heavy atom. The lowest BCUT2D eigenvalue weighted by Gasteiger charge is -2.11. The number of halogens is 2. The Kier molecular flexibility index (Phi) is 7.42. The highest BCUT2D eigenvalue weighted by Crippen LogP contribution is 2.21. The van der Waals surface area contributed by atoms with Crippen LogP contribution in [0.4, 0.5) is 0 Å². The molecule has 0 fully saturated rings. The van der Waals surface area contributed by atoms with Crippen LogP contribution < -0.4 is 10.6 Å². The van der Waals surface area contributed by atoms with E-state index in [1.165, 1.54) is 0 Å². The molecule has 0 aromatic heterocycles. The van der Waals surface area contributed by atoms with Crippen LogP contribution in [-0.4, -0.2) is 18.5 Å². The monoisotopic (exact) mass is 346 g/mol. The first-order valence-electron chi connectivity index (χ1n) is 6.47. The Hall–Kier alpha value is -0.580. The Balaban J connectivity index is 2.25. The second-order valence-electron chi connectivity index (χ2n) is 4.54. The van der Waals surface area contributed by atoms with Gasteiger partial charge in [0.15, 0.2) is 0 Å². The molecule has 1 unspecified atom stereocenters. The molecule has 0 aliphatic rings. The summed E-state index contributed by atoms with van der Waals surface area (Å²) in [4.78, 5) is 11.6. The fourth-order valence-electron chi connectivity index (χ4n) is 1.54. The summed E-state index contributed by atoms with van der Waals surface area (Å²) in [6, 6.07) is 5.95. The summed E-state index contributed by atoms with van der Waals surface area (Å²) in [5.74, 6) is 0.0945. The third-order valence-corrected chi connectivity index (χ3v) is 3.85. The van der Waals surface area contributed by atoms with E-state index in [0.29, 0.717) is 24.5 Å². The molecular weight excluding hydrogens is 328 g/mol. The molecule has 0 spiro atoms. The second kappa shape index (κ2) is 8.56. The Labute approximate surface area is 128 Å². The zero-order chi connectivity index (χ0) is 14.3.